The monoisotopic (exact) mass is 410 g/mol. The Morgan fingerprint density at radius 3 is 2.83 bits per heavy atom. The van der Waals surface area contributed by atoms with E-state index >= 15 is 0 Å². The first-order chi connectivity index (χ1) is 11.0. The number of hydrogen-bond donors (Lipinski definition) is 1. The molecule has 7 heteroatoms. The van der Waals surface area contributed by atoms with Crippen molar-refractivity contribution >= 4 is 56.0 Å². The van der Waals surface area contributed by atoms with Crippen LogP contribution in [0.5, 0.6) is 0 Å². The average molecular weight is 412 g/mol. The summed E-state index contributed by atoms with van der Waals surface area (Å²) in [6.07, 6.45) is 3.71. The van der Waals surface area contributed by atoms with Gasteiger partial charge in [-0.15, -0.1) is 6.58 Å². The summed E-state index contributed by atoms with van der Waals surface area (Å²) in [7, 11) is 0. The first-order valence-electron chi connectivity index (χ1n) is 6.86. The van der Waals surface area contributed by atoms with E-state index in [0.717, 1.165) is 27.0 Å². The second-order valence-corrected chi connectivity index (χ2v) is 6.63. The van der Waals surface area contributed by atoms with Gasteiger partial charge in [-0.3, -0.25) is 4.57 Å². The number of fused-ring (bicyclic) bond motifs is 1. The molecule has 0 amide bonds. The Hall–Kier alpha value is -1.56. The van der Waals surface area contributed by atoms with Gasteiger partial charge in [0, 0.05) is 22.2 Å². The first-order valence-corrected chi connectivity index (χ1v) is 8.41. The number of rotatable bonds is 4. The van der Waals surface area contributed by atoms with E-state index in [9.17, 15) is 0 Å². The summed E-state index contributed by atoms with van der Waals surface area (Å²) >= 11 is 15.9. The van der Waals surface area contributed by atoms with E-state index in [0.29, 0.717) is 22.4 Å². The SMILES string of the molecule is C=CCNc1nc(C)nc2c1c(Br)cn2-c1ccc(Cl)cc1Cl. The van der Waals surface area contributed by atoms with E-state index < -0.39 is 0 Å². The summed E-state index contributed by atoms with van der Waals surface area (Å²) in [5.74, 6) is 1.42. The van der Waals surface area contributed by atoms with Crippen molar-refractivity contribution in [2.75, 3.05) is 11.9 Å². The predicted octanol–water partition coefficient (Wildman–Crippen LogP) is 5.40. The van der Waals surface area contributed by atoms with Gasteiger partial charge in [0.2, 0.25) is 0 Å². The van der Waals surface area contributed by atoms with E-state index in [1.54, 1.807) is 18.2 Å². The van der Waals surface area contributed by atoms with Crippen LogP contribution in [0.4, 0.5) is 5.82 Å². The molecule has 0 saturated heterocycles. The Balaban J connectivity index is 2.27. The zero-order valence-electron chi connectivity index (χ0n) is 12.3. The molecule has 0 spiro atoms. The highest BCUT2D eigenvalue weighted by molar-refractivity contribution is 9.10. The van der Waals surface area contributed by atoms with Crippen molar-refractivity contribution in [1.29, 1.82) is 0 Å². The van der Waals surface area contributed by atoms with E-state index in [1.165, 1.54) is 0 Å². The second kappa shape index (κ2) is 6.51. The molecule has 4 nitrogen and oxygen atoms in total. The molecule has 0 unspecified atom stereocenters. The second-order valence-electron chi connectivity index (χ2n) is 4.93. The van der Waals surface area contributed by atoms with Gasteiger partial charge in [-0.1, -0.05) is 29.3 Å². The van der Waals surface area contributed by atoms with Crippen LogP contribution in [0, 0.1) is 6.92 Å². The maximum atomic E-state index is 6.34. The molecule has 0 saturated carbocycles. The van der Waals surface area contributed by atoms with Crippen molar-refractivity contribution in [3.05, 3.63) is 57.4 Å². The zero-order chi connectivity index (χ0) is 16.6. The molecular formula is C16H13BrCl2N4. The van der Waals surface area contributed by atoms with Crippen LogP contribution in [0.3, 0.4) is 0 Å². The molecule has 0 aliphatic rings. The molecule has 23 heavy (non-hydrogen) atoms. The van der Waals surface area contributed by atoms with Gasteiger partial charge in [0.05, 0.1) is 16.1 Å². The molecule has 3 rings (SSSR count). The molecule has 0 fully saturated rings. The third kappa shape index (κ3) is 3.09. The highest BCUT2D eigenvalue weighted by atomic mass is 79.9. The Morgan fingerprint density at radius 1 is 1.35 bits per heavy atom. The van der Waals surface area contributed by atoms with Gasteiger partial charge in [0.15, 0.2) is 5.65 Å². The van der Waals surface area contributed by atoms with Gasteiger partial charge in [-0.05, 0) is 41.1 Å². The lowest BCUT2D eigenvalue weighted by molar-refractivity contribution is 1.03. The topological polar surface area (TPSA) is 42.7 Å². The first kappa shape index (κ1) is 16.3. The maximum Gasteiger partial charge on any atom is 0.151 e. The minimum atomic E-state index is 0.554. The Labute approximate surface area is 152 Å². The number of benzene rings is 1. The molecule has 0 radical (unpaired) electrons. The zero-order valence-corrected chi connectivity index (χ0v) is 15.4. The Kier molecular flexibility index (Phi) is 4.62. The summed E-state index contributed by atoms with van der Waals surface area (Å²) in [4.78, 5) is 9.05. The smallest absolute Gasteiger partial charge is 0.151 e. The summed E-state index contributed by atoms with van der Waals surface area (Å²) in [5, 5.41) is 5.28. The van der Waals surface area contributed by atoms with Crippen LogP contribution in [-0.4, -0.2) is 21.1 Å². The number of halogens is 3. The molecule has 118 valence electrons. The molecule has 0 aliphatic heterocycles. The molecule has 1 N–H and O–H groups in total. The minimum absolute atomic E-state index is 0.554. The van der Waals surface area contributed by atoms with E-state index in [4.69, 9.17) is 23.2 Å². The van der Waals surface area contributed by atoms with Crippen molar-refractivity contribution < 1.29 is 0 Å². The molecule has 2 aromatic heterocycles. The van der Waals surface area contributed by atoms with Gasteiger partial charge in [-0.25, -0.2) is 9.97 Å². The van der Waals surface area contributed by atoms with Gasteiger partial charge in [0.25, 0.3) is 0 Å². The van der Waals surface area contributed by atoms with E-state index in [-0.39, 0.29) is 0 Å². The largest absolute Gasteiger partial charge is 0.366 e. The molecule has 0 atom stereocenters. The fourth-order valence-electron chi connectivity index (χ4n) is 2.35. The van der Waals surface area contributed by atoms with Crippen molar-refractivity contribution in [3.8, 4) is 5.69 Å². The quantitative estimate of drug-likeness (QED) is 0.584. The Morgan fingerprint density at radius 2 is 2.13 bits per heavy atom. The van der Waals surface area contributed by atoms with Gasteiger partial charge in [0.1, 0.15) is 11.6 Å². The molecule has 0 aliphatic carbocycles. The van der Waals surface area contributed by atoms with Crippen LogP contribution in [0.2, 0.25) is 10.0 Å². The molecule has 2 heterocycles. The normalized spacial score (nSPS) is 11.0. The van der Waals surface area contributed by atoms with Crippen LogP contribution in [0.25, 0.3) is 16.7 Å². The number of nitrogens with zero attached hydrogens (tertiary/aromatic N) is 3. The lowest BCUT2D eigenvalue weighted by Gasteiger charge is -2.09. The summed E-state index contributed by atoms with van der Waals surface area (Å²) < 4.78 is 2.80. The number of hydrogen-bond acceptors (Lipinski definition) is 3. The van der Waals surface area contributed by atoms with Crippen LogP contribution in [0.1, 0.15) is 5.82 Å². The fraction of sp³-hybridized carbons (Fsp3) is 0.125. The fourth-order valence-corrected chi connectivity index (χ4v) is 3.42. The van der Waals surface area contributed by atoms with Crippen LogP contribution in [0.15, 0.2) is 41.5 Å². The van der Waals surface area contributed by atoms with Crippen LogP contribution >= 0.6 is 39.1 Å². The van der Waals surface area contributed by atoms with E-state index in [1.807, 2.05) is 23.8 Å². The van der Waals surface area contributed by atoms with Crippen molar-refractivity contribution in [2.24, 2.45) is 0 Å². The lowest BCUT2D eigenvalue weighted by Crippen LogP contribution is -2.04. The average Bonchev–Trinajstić information content (AvgIpc) is 2.81. The third-order valence-electron chi connectivity index (χ3n) is 3.29. The summed E-state index contributed by atoms with van der Waals surface area (Å²) in [5.41, 5.74) is 1.57. The molecule has 3 aromatic rings. The standard InChI is InChI=1S/C16H13BrCl2N4/c1-3-6-20-15-14-11(17)8-23(16(14)22-9(2)21-15)13-5-4-10(18)7-12(13)19/h3-5,7-8H,1,6H2,2H3,(H,20,21,22). The van der Waals surface area contributed by atoms with Crippen molar-refractivity contribution in [1.82, 2.24) is 14.5 Å². The van der Waals surface area contributed by atoms with Gasteiger partial charge >= 0.3 is 0 Å². The summed E-state index contributed by atoms with van der Waals surface area (Å²) in [6.45, 7) is 6.19. The highest BCUT2D eigenvalue weighted by Gasteiger charge is 2.17. The maximum absolute atomic E-state index is 6.34. The van der Waals surface area contributed by atoms with Gasteiger partial charge < -0.3 is 5.32 Å². The molecule has 0 bridgehead atoms. The lowest BCUT2D eigenvalue weighted by atomic mass is 10.3. The Bertz CT molecular complexity index is 905. The van der Waals surface area contributed by atoms with Crippen molar-refractivity contribution in [3.63, 3.8) is 0 Å². The number of aryl methyl sites for hydroxylation is 1. The van der Waals surface area contributed by atoms with E-state index in [2.05, 4.69) is 37.8 Å². The third-order valence-corrected chi connectivity index (χ3v) is 4.43. The van der Waals surface area contributed by atoms with Crippen molar-refractivity contribution in [2.45, 2.75) is 6.92 Å². The minimum Gasteiger partial charge on any atom is -0.366 e. The predicted molar refractivity (Wildman–Crippen MR) is 100 cm³/mol. The highest BCUT2D eigenvalue weighted by Crippen LogP contribution is 2.34. The van der Waals surface area contributed by atoms with Gasteiger partial charge in [-0.2, -0.15) is 0 Å². The summed E-state index contributed by atoms with van der Waals surface area (Å²) in [6, 6.07) is 5.38. The number of anilines is 1. The van der Waals surface area contributed by atoms with Crippen LogP contribution in [-0.2, 0) is 0 Å². The number of nitrogens with one attached hydrogen (secondary N) is 1. The molecule has 1 aromatic carbocycles. The van der Waals surface area contributed by atoms with Crippen LogP contribution < -0.4 is 5.32 Å². The molecular weight excluding hydrogens is 399 g/mol. The number of aromatic nitrogens is 3.